The van der Waals surface area contributed by atoms with Crippen LogP contribution in [-0.4, -0.2) is 11.3 Å². The Kier molecular flexibility index (Phi) is 1.83. The van der Waals surface area contributed by atoms with Crippen LogP contribution in [0.4, 0.5) is 0 Å². The molecule has 0 unspecified atom stereocenters. The van der Waals surface area contributed by atoms with Crippen molar-refractivity contribution in [2.75, 3.05) is 0 Å². The molecule has 2 N–H and O–H groups in total. The lowest BCUT2D eigenvalue weighted by molar-refractivity contribution is 0.0885. The number of hydrogen-bond acceptors (Lipinski definition) is 3. The first-order chi connectivity index (χ1) is 5.02. The molecule has 0 spiro atoms. The van der Waals surface area contributed by atoms with Gasteiger partial charge in [-0.2, -0.15) is 0 Å². The first-order valence-corrected chi connectivity index (χ1v) is 3.39. The molecule has 0 radical (unpaired) electrons. The molecule has 1 aromatic heterocycles. The van der Waals surface area contributed by atoms with Crippen LogP contribution in [-0.2, 0) is 0 Å². The van der Waals surface area contributed by atoms with E-state index < -0.39 is 5.54 Å². The molecule has 0 fully saturated rings. The van der Waals surface area contributed by atoms with Crippen LogP contribution < -0.4 is 5.73 Å². The van der Waals surface area contributed by atoms with Gasteiger partial charge >= 0.3 is 0 Å². The van der Waals surface area contributed by atoms with Gasteiger partial charge in [0.15, 0.2) is 5.76 Å². The summed E-state index contributed by atoms with van der Waals surface area (Å²) in [6, 6.07) is 3.27. The fraction of sp³-hybridized carbons (Fsp3) is 0.375. The van der Waals surface area contributed by atoms with Crippen LogP contribution in [0, 0.1) is 0 Å². The predicted molar refractivity (Wildman–Crippen MR) is 41.3 cm³/mol. The van der Waals surface area contributed by atoms with Crippen molar-refractivity contribution in [2.45, 2.75) is 19.4 Å². The number of Topliss-reactive ketones (excluding diaryl/α,β-unsaturated/α-hetero) is 1. The molecule has 60 valence electrons. The minimum Gasteiger partial charge on any atom is -0.461 e. The number of furan rings is 1. The highest BCUT2D eigenvalue weighted by molar-refractivity contribution is 6.00. The Labute approximate surface area is 65.2 Å². The number of rotatable bonds is 2. The molecule has 0 aliphatic heterocycles. The average molecular weight is 153 g/mol. The van der Waals surface area contributed by atoms with Gasteiger partial charge in [-0.15, -0.1) is 0 Å². The van der Waals surface area contributed by atoms with Crippen molar-refractivity contribution in [3.63, 3.8) is 0 Å². The summed E-state index contributed by atoms with van der Waals surface area (Å²) >= 11 is 0. The number of hydrogen-bond donors (Lipinski definition) is 1. The number of carbonyl (C=O) groups excluding carboxylic acids is 1. The maximum atomic E-state index is 11.3. The van der Waals surface area contributed by atoms with Gasteiger partial charge in [-0.25, -0.2) is 0 Å². The molecule has 0 amide bonds. The Bertz CT molecular complexity index is 244. The number of nitrogens with two attached hydrogens (primary N) is 1. The second-order valence-corrected chi connectivity index (χ2v) is 3.03. The molecule has 0 aliphatic carbocycles. The highest BCUT2D eigenvalue weighted by atomic mass is 16.3. The molecular weight excluding hydrogens is 142 g/mol. The van der Waals surface area contributed by atoms with Crippen LogP contribution in [0.3, 0.4) is 0 Å². The van der Waals surface area contributed by atoms with Crippen molar-refractivity contribution < 1.29 is 9.21 Å². The SMILES string of the molecule is CC(C)(N)C(=O)c1ccco1. The molecule has 1 aromatic rings. The van der Waals surface area contributed by atoms with Gasteiger partial charge in [0, 0.05) is 0 Å². The first kappa shape index (κ1) is 8.01. The number of ketones is 1. The molecule has 0 bridgehead atoms. The van der Waals surface area contributed by atoms with E-state index >= 15 is 0 Å². The molecule has 0 atom stereocenters. The minimum absolute atomic E-state index is 0.178. The molecule has 0 aliphatic rings. The smallest absolute Gasteiger partial charge is 0.217 e. The van der Waals surface area contributed by atoms with E-state index in [2.05, 4.69) is 0 Å². The van der Waals surface area contributed by atoms with Crippen LogP contribution in [0.15, 0.2) is 22.8 Å². The zero-order chi connectivity index (χ0) is 8.48. The summed E-state index contributed by atoms with van der Waals surface area (Å²) in [5.74, 6) is 0.139. The largest absolute Gasteiger partial charge is 0.461 e. The second-order valence-electron chi connectivity index (χ2n) is 3.03. The van der Waals surface area contributed by atoms with E-state index in [0.29, 0.717) is 5.76 Å². The van der Waals surface area contributed by atoms with Gasteiger partial charge in [-0.1, -0.05) is 0 Å². The van der Waals surface area contributed by atoms with Gasteiger partial charge in [-0.05, 0) is 26.0 Å². The topological polar surface area (TPSA) is 56.2 Å². The van der Waals surface area contributed by atoms with Crippen LogP contribution in [0.5, 0.6) is 0 Å². The van der Waals surface area contributed by atoms with Crippen molar-refractivity contribution in [3.05, 3.63) is 24.2 Å². The Balaban J connectivity index is 2.88. The van der Waals surface area contributed by atoms with Crippen LogP contribution in [0.1, 0.15) is 24.4 Å². The third kappa shape index (κ3) is 1.68. The lowest BCUT2D eigenvalue weighted by Crippen LogP contribution is -2.41. The maximum Gasteiger partial charge on any atom is 0.217 e. The van der Waals surface area contributed by atoms with E-state index in [4.69, 9.17) is 10.2 Å². The van der Waals surface area contributed by atoms with E-state index in [0.717, 1.165) is 0 Å². The van der Waals surface area contributed by atoms with E-state index in [1.807, 2.05) is 0 Å². The zero-order valence-corrected chi connectivity index (χ0v) is 6.63. The standard InChI is InChI=1S/C8H11NO2/c1-8(2,9)7(10)6-4-3-5-11-6/h3-5H,9H2,1-2H3. The molecule has 1 rings (SSSR count). The highest BCUT2D eigenvalue weighted by Gasteiger charge is 2.25. The Morgan fingerprint density at radius 3 is 2.64 bits per heavy atom. The van der Waals surface area contributed by atoms with Gasteiger partial charge in [-0.3, -0.25) is 4.79 Å². The zero-order valence-electron chi connectivity index (χ0n) is 6.63. The summed E-state index contributed by atoms with van der Waals surface area (Å²) in [6.07, 6.45) is 1.46. The monoisotopic (exact) mass is 153 g/mol. The summed E-state index contributed by atoms with van der Waals surface area (Å²) in [5, 5.41) is 0. The Morgan fingerprint density at radius 1 is 1.64 bits per heavy atom. The third-order valence-corrected chi connectivity index (χ3v) is 1.33. The summed E-state index contributed by atoms with van der Waals surface area (Å²) in [5.41, 5.74) is 4.71. The molecule has 3 heteroatoms. The summed E-state index contributed by atoms with van der Waals surface area (Å²) < 4.78 is 4.89. The summed E-state index contributed by atoms with van der Waals surface area (Å²) in [4.78, 5) is 11.3. The fourth-order valence-corrected chi connectivity index (χ4v) is 0.725. The molecular formula is C8H11NO2. The molecule has 0 aromatic carbocycles. The normalized spacial score (nSPS) is 11.5. The minimum atomic E-state index is -0.849. The molecule has 11 heavy (non-hydrogen) atoms. The van der Waals surface area contributed by atoms with Crippen molar-refractivity contribution in [1.82, 2.24) is 0 Å². The quantitative estimate of drug-likeness (QED) is 0.649. The van der Waals surface area contributed by atoms with Gasteiger partial charge in [0.25, 0.3) is 0 Å². The van der Waals surface area contributed by atoms with Crippen molar-refractivity contribution in [1.29, 1.82) is 0 Å². The van der Waals surface area contributed by atoms with Gasteiger partial charge < -0.3 is 10.2 Å². The van der Waals surface area contributed by atoms with Crippen LogP contribution in [0.25, 0.3) is 0 Å². The van der Waals surface area contributed by atoms with Crippen molar-refractivity contribution >= 4 is 5.78 Å². The van der Waals surface area contributed by atoms with Gasteiger partial charge in [0.1, 0.15) is 0 Å². The molecule has 1 heterocycles. The van der Waals surface area contributed by atoms with E-state index in [9.17, 15) is 4.79 Å². The van der Waals surface area contributed by atoms with Gasteiger partial charge in [0.2, 0.25) is 5.78 Å². The molecule has 0 saturated heterocycles. The van der Waals surface area contributed by atoms with Gasteiger partial charge in [0.05, 0.1) is 11.8 Å². The van der Waals surface area contributed by atoms with Crippen LogP contribution in [0.2, 0.25) is 0 Å². The van der Waals surface area contributed by atoms with E-state index in [-0.39, 0.29) is 5.78 Å². The maximum absolute atomic E-state index is 11.3. The summed E-state index contributed by atoms with van der Waals surface area (Å²) in [7, 11) is 0. The van der Waals surface area contributed by atoms with E-state index in [1.54, 1.807) is 26.0 Å². The first-order valence-electron chi connectivity index (χ1n) is 3.39. The fourth-order valence-electron chi connectivity index (χ4n) is 0.725. The Morgan fingerprint density at radius 2 is 2.27 bits per heavy atom. The van der Waals surface area contributed by atoms with E-state index in [1.165, 1.54) is 6.26 Å². The van der Waals surface area contributed by atoms with Crippen LogP contribution >= 0.6 is 0 Å². The molecule has 0 saturated carbocycles. The highest BCUT2D eigenvalue weighted by Crippen LogP contribution is 2.09. The molecule has 3 nitrogen and oxygen atoms in total. The average Bonchev–Trinajstić information content (AvgIpc) is 2.34. The number of carbonyl (C=O) groups is 1. The Hall–Kier alpha value is -1.09. The lowest BCUT2D eigenvalue weighted by atomic mass is 9.99. The van der Waals surface area contributed by atoms with Crippen molar-refractivity contribution in [2.24, 2.45) is 5.73 Å². The lowest BCUT2D eigenvalue weighted by Gasteiger charge is -2.13. The second kappa shape index (κ2) is 2.51. The third-order valence-electron chi connectivity index (χ3n) is 1.33. The van der Waals surface area contributed by atoms with Crippen molar-refractivity contribution in [3.8, 4) is 0 Å². The summed E-state index contributed by atoms with van der Waals surface area (Å²) in [6.45, 7) is 3.30. The predicted octanol–water partition coefficient (Wildman–Crippen LogP) is 1.20.